The van der Waals surface area contributed by atoms with Gasteiger partial charge in [0, 0.05) is 93.3 Å². The average molecular weight is 924 g/mol. The Balaban J connectivity index is 0.713. The number of rotatable bonds is 14. The van der Waals surface area contributed by atoms with Gasteiger partial charge in [0.2, 0.25) is 17.7 Å². The van der Waals surface area contributed by atoms with Crippen LogP contribution in [0.5, 0.6) is 0 Å². The molecule has 5 fully saturated rings. The molecule has 0 bridgehead atoms. The standard InChI is InChI=1S/C50H67F2N11O4/c1-48(2)11-20-59(21-12-48)28-34-25-38(52)41(26-37(34)51)62-30-45(65)57-50(32-62)15-23-60(24-16-50)43-27-42(54-33-55-43)53-17-6-18-58(4)19-13-49(3)14-22-61(31-49)39-8-5-7-35-36(39)29-63(47(35)67)40-9-10-44(64)56-46(40)66/h5,7-8,25-27,33,40H,6,9-24,28-32H2,1-4H3,(H,57,65)(H,53,54,55)(H,56,64,66)/t40?,49-/m0/s1. The maximum absolute atomic E-state index is 15.7. The highest BCUT2D eigenvalue weighted by molar-refractivity contribution is 6.06. The molecule has 15 nitrogen and oxygen atoms in total. The van der Waals surface area contributed by atoms with Gasteiger partial charge in [0.1, 0.15) is 35.6 Å². The van der Waals surface area contributed by atoms with Gasteiger partial charge in [-0.05, 0) is 114 Å². The molecule has 3 aromatic rings. The van der Waals surface area contributed by atoms with Crippen LogP contribution in [-0.2, 0) is 27.5 Å². The molecule has 6 aliphatic heterocycles. The molecule has 6 aliphatic rings. The van der Waals surface area contributed by atoms with Gasteiger partial charge in [-0.3, -0.25) is 29.4 Å². The molecule has 360 valence electrons. The summed E-state index contributed by atoms with van der Waals surface area (Å²) in [6, 6.07) is 9.81. The molecular formula is C50H67F2N11O4. The Morgan fingerprint density at radius 2 is 1.60 bits per heavy atom. The summed E-state index contributed by atoms with van der Waals surface area (Å²) in [5.41, 5.74) is 3.00. The number of anilines is 4. The molecule has 7 heterocycles. The monoisotopic (exact) mass is 924 g/mol. The van der Waals surface area contributed by atoms with Crippen molar-refractivity contribution in [1.29, 1.82) is 0 Å². The smallest absolute Gasteiger partial charge is 0.255 e. The van der Waals surface area contributed by atoms with E-state index in [-0.39, 0.29) is 47.2 Å². The molecule has 1 spiro atoms. The third kappa shape index (κ3) is 10.4. The number of piperazine rings is 1. The van der Waals surface area contributed by atoms with Gasteiger partial charge in [-0.15, -0.1) is 0 Å². The van der Waals surface area contributed by atoms with Crippen molar-refractivity contribution in [3.05, 3.63) is 71.1 Å². The number of carbonyl (C=O) groups is 4. The number of benzene rings is 2. The Morgan fingerprint density at radius 1 is 0.821 bits per heavy atom. The van der Waals surface area contributed by atoms with Gasteiger partial charge in [-0.1, -0.05) is 26.8 Å². The fourth-order valence-electron chi connectivity index (χ4n) is 11.1. The van der Waals surface area contributed by atoms with Gasteiger partial charge >= 0.3 is 0 Å². The SMILES string of the molecule is CN(CCCNc1cc(N2CCC3(CC2)CN(c2cc(F)c(CN4CCC(C)(C)CC4)cc2F)CC(=O)N3)ncn1)CC[C@@]1(C)CCN(c2cccc3c2CN(C2CCC(=O)NC2=O)C3=O)C1. The van der Waals surface area contributed by atoms with Gasteiger partial charge in [0.05, 0.1) is 17.8 Å². The van der Waals surface area contributed by atoms with Crippen molar-refractivity contribution in [1.82, 2.24) is 35.3 Å². The van der Waals surface area contributed by atoms with E-state index < -0.39 is 29.1 Å². The molecule has 2 atom stereocenters. The maximum Gasteiger partial charge on any atom is 0.255 e. The number of amides is 4. The van der Waals surface area contributed by atoms with Crippen LogP contribution in [-0.4, -0.2) is 139 Å². The number of hydrogen-bond donors (Lipinski definition) is 3. The second-order valence-electron chi connectivity index (χ2n) is 21.3. The molecule has 0 radical (unpaired) electrons. The normalized spacial score (nSPS) is 24.1. The van der Waals surface area contributed by atoms with E-state index in [1.807, 2.05) is 18.2 Å². The first kappa shape index (κ1) is 46.7. The van der Waals surface area contributed by atoms with Crippen LogP contribution >= 0.6 is 0 Å². The molecule has 2 aromatic carbocycles. The van der Waals surface area contributed by atoms with E-state index >= 15 is 8.78 Å². The number of aromatic nitrogens is 2. The number of piperidine rings is 3. The summed E-state index contributed by atoms with van der Waals surface area (Å²) in [6.45, 7) is 15.4. The predicted octanol–water partition coefficient (Wildman–Crippen LogP) is 5.15. The van der Waals surface area contributed by atoms with Crippen LogP contribution in [0.1, 0.15) is 100 Å². The summed E-state index contributed by atoms with van der Waals surface area (Å²) in [5.74, 6) is -0.379. The van der Waals surface area contributed by atoms with E-state index in [0.717, 1.165) is 101 Å². The largest absolute Gasteiger partial charge is 0.371 e. The van der Waals surface area contributed by atoms with E-state index in [4.69, 9.17) is 0 Å². The van der Waals surface area contributed by atoms with Crippen molar-refractivity contribution in [2.24, 2.45) is 10.8 Å². The summed E-state index contributed by atoms with van der Waals surface area (Å²) in [4.78, 5) is 72.4. The van der Waals surface area contributed by atoms with Crippen molar-refractivity contribution >= 4 is 46.6 Å². The molecule has 4 amide bonds. The molecule has 1 unspecified atom stereocenters. The second-order valence-corrected chi connectivity index (χ2v) is 21.3. The van der Waals surface area contributed by atoms with Crippen molar-refractivity contribution in [2.45, 2.75) is 103 Å². The number of likely N-dealkylation sites (tertiary alicyclic amines) is 1. The number of nitrogens with zero attached hydrogens (tertiary/aromatic N) is 8. The molecule has 0 aliphatic carbocycles. The van der Waals surface area contributed by atoms with Gasteiger partial charge in [-0.2, -0.15) is 0 Å². The Hall–Kier alpha value is -5.42. The Kier molecular flexibility index (Phi) is 13.2. The highest BCUT2D eigenvalue weighted by Gasteiger charge is 2.44. The molecular weight excluding hydrogens is 857 g/mol. The zero-order valence-electron chi connectivity index (χ0n) is 39.6. The minimum atomic E-state index is -0.627. The van der Waals surface area contributed by atoms with Crippen LogP contribution in [0, 0.1) is 22.5 Å². The van der Waals surface area contributed by atoms with E-state index in [2.05, 4.69) is 79.4 Å². The fourth-order valence-corrected chi connectivity index (χ4v) is 11.1. The number of imide groups is 1. The van der Waals surface area contributed by atoms with Crippen molar-refractivity contribution in [3.8, 4) is 0 Å². The first-order valence-corrected chi connectivity index (χ1v) is 24.3. The highest BCUT2D eigenvalue weighted by atomic mass is 19.1. The summed E-state index contributed by atoms with van der Waals surface area (Å²) < 4.78 is 31.2. The molecule has 67 heavy (non-hydrogen) atoms. The van der Waals surface area contributed by atoms with E-state index in [0.29, 0.717) is 63.1 Å². The lowest BCUT2D eigenvalue weighted by molar-refractivity contribution is -0.137. The van der Waals surface area contributed by atoms with Gasteiger partial charge < -0.3 is 35.1 Å². The molecule has 1 aromatic heterocycles. The number of nitrogens with one attached hydrogen (secondary N) is 3. The number of fused-ring (bicyclic) bond motifs is 1. The topological polar surface area (TPSA) is 150 Å². The Morgan fingerprint density at radius 3 is 2.37 bits per heavy atom. The van der Waals surface area contributed by atoms with E-state index in [1.165, 1.54) is 12.1 Å². The molecule has 5 saturated heterocycles. The van der Waals surface area contributed by atoms with Gasteiger partial charge in [-0.25, -0.2) is 18.7 Å². The zero-order valence-corrected chi connectivity index (χ0v) is 39.6. The van der Waals surface area contributed by atoms with Crippen LogP contribution in [0.2, 0.25) is 0 Å². The Labute approximate surface area is 393 Å². The molecule has 17 heteroatoms. The number of carbonyl (C=O) groups excluding carboxylic acids is 4. The fraction of sp³-hybridized carbons (Fsp3) is 0.600. The summed E-state index contributed by atoms with van der Waals surface area (Å²) in [5, 5.41) is 9.09. The number of halogens is 2. The second kappa shape index (κ2) is 18.9. The molecule has 9 rings (SSSR count). The quantitative estimate of drug-likeness (QED) is 0.145. The maximum atomic E-state index is 15.7. The van der Waals surface area contributed by atoms with Crippen LogP contribution in [0.4, 0.5) is 31.8 Å². The predicted molar refractivity (Wildman–Crippen MR) is 254 cm³/mol. The van der Waals surface area contributed by atoms with Crippen LogP contribution in [0.15, 0.2) is 42.7 Å². The third-order valence-corrected chi connectivity index (χ3v) is 15.6. The minimum Gasteiger partial charge on any atom is -0.371 e. The van der Waals surface area contributed by atoms with Crippen molar-refractivity contribution in [3.63, 3.8) is 0 Å². The minimum absolute atomic E-state index is 0.0183. The van der Waals surface area contributed by atoms with Crippen molar-refractivity contribution in [2.75, 3.05) is 99.1 Å². The molecule has 0 saturated carbocycles. The highest BCUT2D eigenvalue weighted by Crippen LogP contribution is 2.41. The summed E-state index contributed by atoms with van der Waals surface area (Å²) in [6.07, 6.45) is 8.51. The number of hydrogen-bond acceptors (Lipinski definition) is 12. The van der Waals surface area contributed by atoms with Gasteiger partial charge in [0.15, 0.2) is 0 Å². The van der Waals surface area contributed by atoms with Gasteiger partial charge in [0.25, 0.3) is 5.91 Å². The van der Waals surface area contributed by atoms with Crippen LogP contribution in [0.3, 0.4) is 0 Å². The lowest BCUT2D eigenvalue weighted by Gasteiger charge is -2.48. The summed E-state index contributed by atoms with van der Waals surface area (Å²) >= 11 is 0. The summed E-state index contributed by atoms with van der Waals surface area (Å²) in [7, 11) is 2.16. The molecule has 3 N–H and O–H groups in total. The first-order valence-electron chi connectivity index (χ1n) is 24.3. The first-order chi connectivity index (χ1) is 32.0. The van der Waals surface area contributed by atoms with E-state index in [9.17, 15) is 19.2 Å². The third-order valence-electron chi connectivity index (χ3n) is 15.6. The average Bonchev–Trinajstić information content (AvgIpc) is 3.85. The zero-order chi connectivity index (χ0) is 47.1. The lowest BCUT2D eigenvalue weighted by Crippen LogP contribution is -2.66. The van der Waals surface area contributed by atoms with E-state index in [1.54, 1.807) is 16.1 Å². The lowest BCUT2D eigenvalue weighted by atomic mass is 9.82. The van der Waals surface area contributed by atoms with Crippen LogP contribution in [0.25, 0.3) is 0 Å². The Bertz CT molecular complexity index is 2370. The van der Waals surface area contributed by atoms with Crippen molar-refractivity contribution < 1.29 is 28.0 Å². The van der Waals surface area contributed by atoms with Crippen LogP contribution < -0.4 is 30.7 Å².